The van der Waals surface area contributed by atoms with Crippen molar-refractivity contribution in [3.63, 3.8) is 0 Å². The quantitative estimate of drug-likeness (QED) is 0.740. The molecule has 2 fully saturated rings. The van der Waals surface area contributed by atoms with E-state index < -0.39 is 5.97 Å². The van der Waals surface area contributed by atoms with Crippen LogP contribution in [0.25, 0.3) is 0 Å². The number of benzene rings is 2. The van der Waals surface area contributed by atoms with Gasteiger partial charge in [-0.2, -0.15) is 0 Å². The number of halogens is 2. The molecule has 0 radical (unpaired) electrons. The summed E-state index contributed by atoms with van der Waals surface area (Å²) in [5, 5.41) is 9.58. The number of piperidine rings is 1. The Balaban J connectivity index is 1.37. The molecule has 2 aliphatic heterocycles. The van der Waals surface area contributed by atoms with Crippen LogP contribution in [0.3, 0.4) is 0 Å². The summed E-state index contributed by atoms with van der Waals surface area (Å²) in [5.41, 5.74) is -0.0790. The van der Waals surface area contributed by atoms with Crippen LogP contribution in [0.2, 0.25) is 5.02 Å². The van der Waals surface area contributed by atoms with Crippen molar-refractivity contribution in [3.8, 4) is 11.5 Å². The molecule has 8 heteroatoms. The molecule has 1 N–H and O–H groups in total. The Hall–Kier alpha value is -2.80. The van der Waals surface area contributed by atoms with Crippen LogP contribution in [0, 0.1) is 5.82 Å². The number of aromatic carboxylic acids is 1. The number of hydrogen-bond donors (Lipinski definition) is 1. The predicted molar refractivity (Wildman–Crippen MR) is 108 cm³/mol. The van der Waals surface area contributed by atoms with E-state index in [2.05, 4.69) is 0 Å². The zero-order chi connectivity index (χ0) is 21.3. The molecule has 0 saturated carbocycles. The van der Waals surface area contributed by atoms with Gasteiger partial charge in [-0.3, -0.25) is 4.79 Å². The molecule has 2 heterocycles. The Morgan fingerprint density at radius 1 is 1.10 bits per heavy atom. The largest absolute Gasteiger partial charge is 0.490 e. The van der Waals surface area contributed by atoms with Gasteiger partial charge in [-0.1, -0.05) is 11.6 Å². The molecule has 158 valence electrons. The number of nitrogens with zero attached hydrogens (tertiary/aromatic N) is 1. The van der Waals surface area contributed by atoms with E-state index >= 15 is 0 Å². The van der Waals surface area contributed by atoms with Crippen molar-refractivity contribution < 1.29 is 28.6 Å². The summed E-state index contributed by atoms with van der Waals surface area (Å²) in [5.74, 6) is -0.919. The third-order valence-electron chi connectivity index (χ3n) is 5.62. The Morgan fingerprint density at radius 2 is 1.77 bits per heavy atom. The summed E-state index contributed by atoms with van der Waals surface area (Å²) in [6.45, 7) is -0.238. The molecular weight excluding hydrogens is 413 g/mol. The van der Waals surface area contributed by atoms with Gasteiger partial charge in [0.15, 0.2) is 6.61 Å². The van der Waals surface area contributed by atoms with Crippen LogP contribution in [0.15, 0.2) is 42.5 Å². The lowest BCUT2D eigenvalue weighted by Gasteiger charge is -2.38. The highest BCUT2D eigenvalue weighted by atomic mass is 35.5. The second kappa shape index (κ2) is 8.52. The summed E-state index contributed by atoms with van der Waals surface area (Å²) in [6, 6.07) is 10.3. The monoisotopic (exact) mass is 433 g/mol. The summed E-state index contributed by atoms with van der Waals surface area (Å²) in [6.07, 6.45) is 3.14. The molecular formula is C22H21ClFNO5. The van der Waals surface area contributed by atoms with Gasteiger partial charge in [0, 0.05) is 29.9 Å². The highest BCUT2D eigenvalue weighted by Gasteiger charge is 2.44. The fourth-order valence-electron chi connectivity index (χ4n) is 4.35. The van der Waals surface area contributed by atoms with E-state index in [1.165, 1.54) is 30.3 Å². The first-order chi connectivity index (χ1) is 14.4. The van der Waals surface area contributed by atoms with E-state index in [4.69, 9.17) is 21.1 Å². The van der Waals surface area contributed by atoms with Crippen LogP contribution in [-0.2, 0) is 4.79 Å². The van der Waals surface area contributed by atoms with E-state index in [0.717, 1.165) is 12.8 Å². The minimum Gasteiger partial charge on any atom is -0.490 e. The lowest BCUT2D eigenvalue weighted by Crippen LogP contribution is -2.50. The molecule has 4 rings (SSSR count). The average molecular weight is 434 g/mol. The Kier molecular flexibility index (Phi) is 5.81. The molecule has 0 aliphatic carbocycles. The first kappa shape index (κ1) is 20.5. The van der Waals surface area contributed by atoms with Crippen LogP contribution in [0.5, 0.6) is 11.5 Å². The van der Waals surface area contributed by atoms with E-state index in [1.54, 1.807) is 12.1 Å². The van der Waals surface area contributed by atoms with E-state index in [0.29, 0.717) is 18.6 Å². The van der Waals surface area contributed by atoms with E-state index in [9.17, 15) is 19.1 Å². The molecule has 2 saturated heterocycles. The lowest BCUT2D eigenvalue weighted by molar-refractivity contribution is -0.139. The Labute approximate surface area is 178 Å². The molecule has 30 heavy (non-hydrogen) atoms. The van der Waals surface area contributed by atoms with Gasteiger partial charge in [0.1, 0.15) is 29.0 Å². The molecule has 0 aromatic heterocycles. The third kappa shape index (κ3) is 4.36. The van der Waals surface area contributed by atoms with Gasteiger partial charge in [-0.15, -0.1) is 0 Å². The van der Waals surface area contributed by atoms with Gasteiger partial charge in [-0.25, -0.2) is 9.18 Å². The number of fused-ring (bicyclic) bond motifs is 2. The van der Waals surface area contributed by atoms with Crippen molar-refractivity contribution in [3.05, 3.63) is 58.9 Å². The Morgan fingerprint density at radius 3 is 2.40 bits per heavy atom. The molecule has 0 spiro atoms. The van der Waals surface area contributed by atoms with Crippen LogP contribution < -0.4 is 9.47 Å². The molecule has 1 amide bonds. The lowest BCUT2D eigenvalue weighted by atomic mass is 9.99. The number of amides is 1. The predicted octanol–water partition coefficient (Wildman–Crippen LogP) is 4.16. The van der Waals surface area contributed by atoms with Crippen LogP contribution >= 0.6 is 11.6 Å². The SMILES string of the molecule is O=C(O)c1cc(Cl)ccc1OCC(=O)N1[C@@H]2CC[C@H]1CC(Oc1ccc(F)cc1)C2. The maximum Gasteiger partial charge on any atom is 0.339 e. The number of carbonyl (C=O) groups is 2. The molecule has 2 bridgehead atoms. The van der Waals surface area contributed by atoms with Gasteiger partial charge >= 0.3 is 5.97 Å². The summed E-state index contributed by atoms with van der Waals surface area (Å²) in [7, 11) is 0. The minimum atomic E-state index is -1.17. The fourth-order valence-corrected chi connectivity index (χ4v) is 4.52. The average Bonchev–Trinajstić information content (AvgIpc) is 2.99. The highest BCUT2D eigenvalue weighted by molar-refractivity contribution is 6.31. The Bertz CT molecular complexity index is 937. The molecule has 3 atom stereocenters. The zero-order valence-electron chi connectivity index (χ0n) is 16.1. The number of ether oxygens (including phenoxy) is 2. The highest BCUT2D eigenvalue weighted by Crippen LogP contribution is 2.37. The fraction of sp³-hybridized carbons (Fsp3) is 0.364. The van der Waals surface area contributed by atoms with E-state index in [1.807, 2.05) is 4.90 Å². The van der Waals surface area contributed by atoms with Crippen LogP contribution in [-0.4, -0.2) is 46.7 Å². The number of carboxylic acids is 1. The zero-order valence-corrected chi connectivity index (χ0v) is 16.8. The van der Waals surface area contributed by atoms with Gasteiger partial charge in [0.2, 0.25) is 0 Å². The molecule has 6 nitrogen and oxygen atoms in total. The van der Waals surface area contributed by atoms with Crippen LogP contribution in [0.4, 0.5) is 4.39 Å². The normalized spacial score (nSPS) is 22.6. The second-order valence-corrected chi connectivity index (χ2v) is 8.02. The number of hydrogen-bond acceptors (Lipinski definition) is 4. The smallest absolute Gasteiger partial charge is 0.339 e. The van der Waals surface area contributed by atoms with Crippen molar-refractivity contribution in [2.24, 2.45) is 0 Å². The van der Waals surface area contributed by atoms with Crippen molar-refractivity contribution in [1.82, 2.24) is 4.90 Å². The van der Waals surface area contributed by atoms with Crippen molar-refractivity contribution in [2.45, 2.75) is 43.9 Å². The van der Waals surface area contributed by atoms with Gasteiger partial charge in [-0.05, 0) is 55.3 Å². The van der Waals surface area contributed by atoms with Gasteiger partial charge in [0.05, 0.1) is 0 Å². The van der Waals surface area contributed by atoms with Crippen molar-refractivity contribution in [1.29, 1.82) is 0 Å². The van der Waals surface area contributed by atoms with Crippen molar-refractivity contribution >= 4 is 23.5 Å². The molecule has 2 aromatic carbocycles. The summed E-state index contributed by atoms with van der Waals surface area (Å²) >= 11 is 5.85. The number of carbonyl (C=O) groups excluding carboxylic acids is 1. The minimum absolute atomic E-state index is 0.0344. The molecule has 2 aliphatic rings. The number of carboxylic acid groups (broad SMARTS) is 1. The third-order valence-corrected chi connectivity index (χ3v) is 5.85. The van der Waals surface area contributed by atoms with Gasteiger partial charge < -0.3 is 19.5 Å². The first-order valence-electron chi connectivity index (χ1n) is 9.79. The number of rotatable bonds is 6. The standard InChI is InChI=1S/C22H21ClFNO5/c23-13-1-8-20(19(9-13)22(27)28)29-12-21(26)25-15-4-5-16(25)11-18(10-15)30-17-6-2-14(24)3-7-17/h1-3,6-9,15-16,18H,4-5,10-12H2,(H,27,28)/t15-,16+,18?. The molecule has 2 aromatic rings. The second-order valence-electron chi connectivity index (χ2n) is 7.59. The van der Waals surface area contributed by atoms with E-state index in [-0.39, 0.29) is 52.9 Å². The van der Waals surface area contributed by atoms with Crippen molar-refractivity contribution in [2.75, 3.05) is 6.61 Å². The van der Waals surface area contributed by atoms with Gasteiger partial charge in [0.25, 0.3) is 5.91 Å². The maximum atomic E-state index is 13.1. The van der Waals surface area contributed by atoms with Crippen LogP contribution in [0.1, 0.15) is 36.0 Å². The summed E-state index contributed by atoms with van der Waals surface area (Å²) in [4.78, 5) is 26.0. The summed E-state index contributed by atoms with van der Waals surface area (Å²) < 4.78 is 24.6. The topological polar surface area (TPSA) is 76.1 Å². The molecule has 1 unspecified atom stereocenters. The maximum absolute atomic E-state index is 13.1. The first-order valence-corrected chi connectivity index (χ1v) is 10.2.